The van der Waals surface area contributed by atoms with Gasteiger partial charge in [-0.25, -0.2) is 4.39 Å². The number of benzene rings is 2. The summed E-state index contributed by atoms with van der Waals surface area (Å²) in [6, 6.07) is 5.46. The fourth-order valence-corrected chi connectivity index (χ4v) is 1.93. The number of carbonyl (C=O) groups is 1. The average molecular weight is 334 g/mol. The maximum absolute atomic E-state index is 13.1. The van der Waals surface area contributed by atoms with Crippen LogP contribution in [0, 0.1) is 5.82 Å². The topological polar surface area (TPSA) is 49.3 Å². The van der Waals surface area contributed by atoms with E-state index in [1.54, 1.807) is 0 Å². The van der Waals surface area contributed by atoms with Gasteiger partial charge in [0.15, 0.2) is 0 Å². The number of phenols is 1. The van der Waals surface area contributed by atoms with Crippen LogP contribution in [0.15, 0.2) is 36.4 Å². The summed E-state index contributed by atoms with van der Waals surface area (Å²) in [7, 11) is 0. The van der Waals surface area contributed by atoms with Gasteiger partial charge in [-0.1, -0.05) is 11.6 Å². The van der Waals surface area contributed by atoms with Crippen LogP contribution in [-0.2, 0) is 6.18 Å². The number of hydrogen-bond donors (Lipinski definition) is 2. The zero-order valence-electron chi connectivity index (χ0n) is 10.7. The molecule has 0 aliphatic carbocycles. The molecule has 2 N–H and O–H groups in total. The summed E-state index contributed by atoms with van der Waals surface area (Å²) in [5.74, 6) is -2.22. The maximum Gasteiger partial charge on any atom is 0.417 e. The van der Waals surface area contributed by atoms with E-state index in [-0.39, 0.29) is 5.69 Å². The van der Waals surface area contributed by atoms with Crippen molar-refractivity contribution in [2.75, 3.05) is 5.32 Å². The van der Waals surface area contributed by atoms with E-state index in [2.05, 4.69) is 5.32 Å². The molecule has 1 amide bonds. The minimum absolute atomic E-state index is 0.189. The van der Waals surface area contributed by atoms with E-state index in [4.69, 9.17) is 11.6 Å². The molecule has 0 fully saturated rings. The predicted molar refractivity (Wildman–Crippen MR) is 72.5 cm³/mol. The van der Waals surface area contributed by atoms with Crippen molar-refractivity contribution in [2.45, 2.75) is 6.18 Å². The van der Waals surface area contributed by atoms with Gasteiger partial charge < -0.3 is 10.4 Å². The largest absolute Gasteiger partial charge is 0.507 e. The number of hydrogen-bond acceptors (Lipinski definition) is 2. The molecule has 22 heavy (non-hydrogen) atoms. The Morgan fingerprint density at radius 1 is 1.14 bits per heavy atom. The molecule has 2 rings (SSSR count). The minimum Gasteiger partial charge on any atom is -0.507 e. The third-order valence-corrected chi connectivity index (χ3v) is 3.06. The molecule has 0 saturated carbocycles. The monoisotopic (exact) mass is 333 g/mol. The maximum atomic E-state index is 13.1. The van der Waals surface area contributed by atoms with Crippen LogP contribution < -0.4 is 5.32 Å². The second kappa shape index (κ2) is 5.84. The van der Waals surface area contributed by atoms with Crippen LogP contribution in [0.25, 0.3) is 0 Å². The zero-order valence-corrected chi connectivity index (χ0v) is 11.5. The molecule has 0 unspecified atom stereocenters. The number of anilines is 1. The molecule has 116 valence electrons. The van der Waals surface area contributed by atoms with Crippen molar-refractivity contribution in [2.24, 2.45) is 0 Å². The Labute approximate surface area is 127 Å². The average Bonchev–Trinajstić information content (AvgIpc) is 2.42. The van der Waals surface area contributed by atoms with Crippen LogP contribution in [-0.4, -0.2) is 11.0 Å². The first kappa shape index (κ1) is 16.1. The number of rotatable bonds is 2. The highest BCUT2D eigenvalue weighted by Crippen LogP contribution is 2.36. The second-order valence-electron chi connectivity index (χ2n) is 4.31. The highest BCUT2D eigenvalue weighted by Gasteiger charge is 2.33. The van der Waals surface area contributed by atoms with Crippen LogP contribution in [0.4, 0.5) is 23.2 Å². The van der Waals surface area contributed by atoms with Crippen LogP contribution in [0.2, 0.25) is 5.02 Å². The van der Waals surface area contributed by atoms with Crippen molar-refractivity contribution in [1.29, 1.82) is 0 Å². The van der Waals surface area contributed by atoms with Crippen molar-refractivity contribution >= 4 is 23.2 Å². The first-order chi connectivity index (χ1) is 10.2. The van der Waals surface area contributed by atoms with Gasteiger partial charge in [0.25, 0.3) is 5.91 Å². The SMILES string of the molecule is O=C(Nc1ccc(Cl)c(C(F)(F)F)c1)c1cc(F)ccc1O. The highest BCUT2D eigenvalue weighted by atomic mass is 35.5. The third-order valence-electron chi connectivity index (χ3n) is 2.73. The van der Waals surface area contributed by atoms with E-state index in [0.29, 0.717) is 6.07 Å². The van der Waals surface area contributed by atoms with E-state index in [0.717, 1.165) is 30.3 Å². The van der Waals surface area contributed by atoms with Crippen molar-refractivity contribution in [1.82, 2.24) is 0 Å². The summed E-state index contributed by atoms with van der Waals surface area (Å²) in [5, 5.41) is 11.1. The first-order valence-corrected chi connectivity index (χ1v) is 6.23. The molecule has 3 nitrogen and oxygen atoms in total. The van der Waals surface area contributed by atoms with Gasteiger partial charge in [-0.05, 0) is 36.4 Å². The van der Waals surface area contributed by atoms with Crippen LogP contribution >= 0.6 is 11.6 Å². The smallest absolute Gasteiger partial charge is 0.417 e. The number of nitrogens with one attached hydrogen (secondary N) is 1. The molecule has 0 spiro atoms. The van der Waals surface area contributed by atoms with E-state index >= 15 is 0 Å². The lowest BCUT2D eigenvalue weighted by Crippen LogP contribution is -2.14. The lowest BCUT2D eigenvalue weighted by atomic mass is 10.1. The van der Waals surface area contributed by atoms with Gasteiger partial charge in [0, 0.05) is 5.69 Å². The molecule has 0 aliphatic rings. The standard InChI is InChI=1S/C14H8ClF4NO2/c15-11-3-2-8(6-10(11)14(17,18)19)20-13(22)9-5-7(16)1-4-12(9)21/h1-6,21H,(H,20,22). The number of halogens is 5. The first-order valence-electron chi connectivity index (χ1n) is 5.85. The van der Waals surface area contributed by atoms with E-state index in [1.807, 2.05) is 0 Å². The Morgan fingerprint density at radius 2 is 1.82 bits per heavy atom. The Morgan fingerprint density at radius 3 is 2.45 bits per heavy atom. The normalized spacial score (nSPS) is 11.3. The quantitative estimate of drug-likeness (QED) is 0.797. The van der Waals surface area contributed by atoms with Crippen LogP contribution in [0.5, 0.6) is 5.75 Å². The molecular weight excluding hydrogens is 326 g/mol. The molecule has 0 radical (unpaired) electrons. The fraction of sp³-hybridized carbons (Fsp3) is 0.0714. The third kappa shape index (κ3) is 3.48. The van der Waals surface area contributed by atoms with E-state index < -0.39 is 39.8 Å². The lowest BCUT2D eigenvalue weighted by Gasteiger charge is -2.12. The molecule has 0 aliphatic heterocycles. The van der Waals surface area contributed by atoms with Gasteiger partial charge >= 0.3 is 6.18 Å². The number of amides is 1. The van der Waals surface area contributed by atoms with Gasteiger partial charge in [0.1, 0.15) is 11.6 Å². The van der Waals surface area contributed by atoms with Crippen molar-refractivity contribution in [3.05, 3.63) is 58.4 Å². The molecule has 2 aromatic rings. The molecule has 0 aromatic heterocycles. The lowest BCUT2D eigenvalue weighted by molar-refractivity contribution is -0.137. The Kier molecular flexibility index (Phi) is 4.27. The molecule has 2 aromatic carbocycles. The van der Waals surface area contributed by atoms with E-state index in [9.17, 15) is 27.5 Å². The fourth-order valence-electron chi connectivity index (χ4n) is 1.71. The van der Waals surface area contributed by atoms with Crippen LogP contribution in [0.3, 0.4) is 0 Å². The highest BCUT2D eigenvalue weighted by molar-refractivity contribution is 6.31. The van der Waals surface area contributed by atoms with Gasteiger partial charge in [0.2, 0.25) is 0 Å². The zero-order chi connectivity index (χ0) is 16.5. The summed E-state index contributed by atoms with van der Waals surface area (Å²) in [5.41, 5.74) is -1.70. The minimum atomic E-state index is -4.68. The van der Waals surface area contributed by atoms with Crippen molar-refractivity contribution in [3.63, 3.8) is 0 Å². The molecular formula is C14H8ClF4NO2. The number of carbonyl (C=O) groups excluding carboxylic acids is 1. The summed E-state index contributed by atoms with van der Waals surface area (Å²) < 4.78 is 51.2. The van der Waals surface area contributed by atoms with Gasteiger partial charge in [-0.3, -0.25) is 4.79 Å². The molecule has 0 atom stereocenters. The predicted octanol–water partition coefficient (Wildman–Crippen LogP) is 4.46. The molecule has 0 bridgehead atoms. The van der Waals surface area contributed by atoms with Gasteiger partial charge in [-0.2, -0.15) is 13.2 Å². The van der Waals surface area contributed by atoms with E-state index in [1.165, 1.54) is 0 Å². The van der Waals surface area contributed by atoms with Crippen molar-refractivity contribution in [3.8, 4) is 5.75 Å². The number of phenolic OH excluding ortho intramolecular Hbond substituents is 1. The van der Waals surface area contributed by atoms with Crippen LogP contribution in [0.1, 0.15) is 15.9 Å². The molecule has 0 saturated heterocycles. The summed E-state index contributed by atoms with van der Waals surface area (Å²) >= 11 is 5.46. The second-order valence-corrected chi connectivity index (χ2v) is 4.72. The molecule has 8 heteroatoms. The van der Waals surface area contributed by atoms with Gasteiger partial charge in [-0.15, -0.1) is 0 Å². The summed E-state index contributed by atoms with van der Waals surface area (Å²) in [6.07, 6.45) is -4.68. The number of aromatic hydroxyl groups is 1. The molecule has 0 heterocycles. The Bertz CT molecular complexity index is 731. The number of alkyl halides is 3. The Balaban J connectivity index is 2.31. The summed E-state index contributed by atoms with van der Waals surface area (Å²) in [6.45, 7) is 0. The Hall–Kier alpha value is -2.28. The summed E-state index contributed by atoms with van der Waals surface area (Å²) in [4.78, 5) is 11.9. The van der Waals surface area contributed by atoms with Gasteiger partial charge in [0.05, 0.1) is 16.1 Å². The van der Waals surface area contributed by atoms with Crippen molar-refractivity contribution < 1.29 is 27.5 Å².